The summed E-state index contributed by atoms with van der Waals surface area (Å²) >= 11 is 2.76. The lowest BCUT2D eigenvalue weighted by Crippen LogP contribution is -2.43. The third-order valence-corrected chi connectivity index (χ3v) is 6.02. The summed E-state index contributed by atoms with van der Waals surface area (Å²) in [5.41, 5.74) is 2.92. The van der Waals surface area contributed by atoms with Gasteiger partial charge < -0.3 is 10.2 Å². The van der Waals surface area contributed by atoms with Gasteiger partial charge in [-0.3, -0.25) is 9.59 Å². The third kappa shape index (κ3) is 3.86. The van der Waals surface area contributed by atoms with Crippen LogP contribution in [0.25, 0.3) is 11.3 Å². The quantitative estimate of drug-likeness (QED) is 0.673. The van der Waals surface area contributed by atoms with Gasteiger partial charge in [-0.2, -0.15) is 0 Å². The summed E-state index contributed by atoms with van der Waals surface area (Å²) in [6.07, 6.45) is 0. The number of hydrogen-bond donors (Lipinski definition) is 1. The number of thioether (sulfide) groups is 1. The fourth-order valence-corrected chi connectivity index (χ4v) is 4.45. The largest absolute Gasteiger partial charge is 0.323 e. The standard InChI is InChI=1S/C19H14FN3O2S2/c20-13-7-5-12(6-8-13)15-10-26-19(22-15)27-11-18(25)23-9-17(24)21-14-3-1-2-4-16(14)23/h1-8,10H,9,11H2,(H,21,24). The zero-order valence-electron chi connectivity index (χ0n) is 14.0. The van der Waals surface area contributed by atoms with Crippen LogP contribution in [0.5, 0.6) is 0 Å². The van der Waals surface area contributed by atoms with Gasteiger partial charge in [-0.1, -0.05) is 23.9 Å². The van der Waals surface area contributed by atoms with Gasteiger partial charge in [0.15, 0.2) is 4.34 Å². The van der Waals surface area contributed by atoms with E-state index in [0.717, 1.165) is 15.6 Å². The molecule has 0 fully saturated rings. The lowest BCUT2D eigenvalue weighted by atomic mass is 10.2. The van der Waals surface area contributed by atoms with E-state index in [2.05, 4.69) is 10.3 Å². The van der Waals surface area contributed by atoms with Crippen LogP contribution in [0.4, 0.5) is 15.8 Å². The normalized spacial score (nSPS) is 13.2. The summed E-state index contributed by atoms with van der Waals surface area (Å²) in [4.78, 5) is 30.5. The molecule has 0 atom stereocenters. The Balaban J connectivity index is 1.44. The van der Waals surface area contributed by atoms with E-state index in [1.165, 1.54) is 40.1 Å². The Kier molecular flexibility index (Phi) is 4.91. The molecule has 8 heteroatoms. The summed E-state index contributed by atoms with van der Waals surface area (Å²) in [5, 5.41) is 4.65. The molecule has 3 aromatic rings. The van der Waals surface area contributed by atoms with Crippen LogP contribution < -0.4 is 10.2 Å². The van der Waals surface area contributed by atoms with Crippen molar-refractivity contribution in [2.24, 2.45) is 0 Å². The first kappa shape index (κ1) is 17.7. The molecule has 1 aliphatic rings. The highest BCUT2D eigenvalue weighted by Gasteiger charge is 2.26. The molecule has 0 saturated carbocycles. The Morgan fingerprint density at radius 1 is 1.22 bits per heavy atom. The summed E-state index contributed by atoms with van der Waals surface area (Å²) in [6.45, 7) is 0.00903. The van der Waals surface area contributed by atoms with Gasteiger partial charge in [-0.05, 0) is 36.4 Å². The zero-order valence-corrected chi connectivity index (χ0v) is 15.6. The predicted octanol–water partition coefficient (Wildman–Crippen LogP) is 4.03. The number of thiazole rings is 1. The van der Waals surface area contributed by atoms with E-state index in [0.29, 0.717) is 11.4 Å². The zero-order chi connectivity index (χ0) is 18.8. The number of rotatable bonds is 4. The van der Waals surface area contributed by atoms with E-state index in [4.69, 9.17) is 0 Å². The third-order valence-electron chi connectivity index (χ3n) is 4.01. The van der Waals surface area contributed by atoms with Crippen LogP contribution in [0, 0.1) is 5.82 Å². The number of para-hydroxylation sites is 2. The van der Waals surface area contributed by atoms with Gasteiger partial charge in [-0.25, -0.2) is 9.37 Å². The number of halogens is 1. The average molecular weight is 399 g/mol. The van der Waals surface area contributed by atoms with E-state index in [9.17, 15) is 14.0 Å². The Morgan fingerprint density at radius 2 is 2.00 bits per heavy atom. The number of nitrogens with one attached hydrogen (secondary N) is 1. The van der Waals surface area contributed by atoms with Gasteiger partial charge in [0, 0.05) is 10.9 Å². The van der Waals surface area contributed by atoms with E-state index >= 15 is 0 Å². The minimum atomic E-state index is -0.292. The number of carbonyl (C=O) groups excluding carboxylic acids is 2. The predicted molar refractivity (Wildman–Crippen MR) is 106 cm³/mol. The van der Waals surface area contributed by atoms with Gasteiger partial charge in [0.2, 0.25) is 11.8 Å². The average Bonchev–Trinajstić information content (AvgIpc) is 3.15. The second kappa shape index (κ2) is 7.50. The van der Waals surface area contributed by atoms with Crippen LogP contribution in [0.1, 0.15) is 0 Å². The summed E-state index contributed by atoms with van der Waals surface area (Å²) < 4.78 is 13.8. The smallest absolute Gasteiger partial charge is 0.244 e. The Bertz CT molecular complexity index is 1000. The lowest BCUT2D eigenvalue weighted by Gasteiger charge is -2.28. The van der Waals surface area contributed by atoms with E-state index < -0.39 is 0 Å². The molecule has 0 aliphatic carbocycles. The van der Waals surface area contributed by atoms with Gasteiger partial charge >= 0.3 is 0 Å². The van der Waals surface area contributed by atoms with Crippen LogP contribution in [-0.2, 0) is 9.59 Å². The molecule has 0 bridgehead atoms. The summed E-state index contributed by atoms with van der Waals surface area (Å²) in [5.74, 6) is -0.474. The SMILES string of the molecule is O=C1CN(C(=O)CSc2nc(-c3ccc(F)cc3)cs2)c2ccccc2N1. The van der Waals surface area contributed by atoms with Crippen LogP contribution in [0.15, 0.2) is 58.3 Å². The molecule has 0 saturated heterocycles. The van der Waals surface area contributed by atoms with Gasteiger partial charge in [-0.15, -0.1) is 11.3 Å². The Hall–Kier alpha value is -2.71. The first-order valence-electron chi connectivity index (χ1n) is 8.14. The first-order valence-corrected chi connectivity index (χ1v) is 10.0. The second-order valence-electron chi connectivity index (χ2n) is 5.84. The van der Waals surface area contributed by atoms with Crippen molar-refractivity contribution in [1.29, 1.82) is 0 Å². The molecule has 136 valence electrons. The number of aromatic nitrogens is 1. The van der Waals surface area contributed by atoms with Crippen molar-refractivity contribution in [1.82, 2.24) is 4.98 Å². The molecular formula is C19H14FN3O2S2. The first-order chi connectivity index (χ1) is 13.1. The molecule has 5 nitrogen and oxygen atoms in total. The maximum Gasteiger partial charge on any atom is 0.244 e. The lowest BCUT2D eigenvalue weighted by molar-refractivity contribution is -0.120. The molecule has 2 amide bonds. The molecule has 4 rings (SSSR count). The van der Waals surface area contributed by atoms with Crippen molar-refractivity contribution < 1.29 is 14.0 Å². The van der Waals surface area contributed by atoms with Crippen molar-refractivity contribution in [2.75, 3.05) is 22.5 Å². The monoisotopic (exact) mass is 399 g/mol. The molecule has 0 spiro atoms. The minimum absolute atomic E-state index is 0.00903. The maximum absolute atomic E-state index is 13.0. The van der Waals surface area contributed by atoms with Crippen LogP contribution in [0.3, 0.4) is 0 Å². The van der Waals surface area contributed by atoms with Crippen molar-refractivity contribution in [3.8, 4) is 11.3 Å². The van der Waals surface area contributed by atoms with Crippen LogP contribution >= 0.6 is 23.1 Å². The molecule has 2 heterocycles. The van der Waals surface area contributed by atoms with Crippen molar-refractivity contribution in [3.63, 3.8) is 0 Å². The number of amides is 2. The van der Waals surface area contributed by atoms with Gasteiger partial charge in [0.05, 0.1) is 22.8 Å². The summed E-state index contributed by atoms with van der Waals surface area (Å²) in [7, 11) is 0. The molecule has 0 unspecified atom stereocenters. The molecule has 1 N–H and O–H groups in total. The maximum atomic E-state index is 13.0. The van der Waals surface area contributed by atoms with E-state index in [1.807, 2.05) is 23.6 Å². The highest BCUT2D eigenvalue weighted by Crippen LogP contribution is 2.31. The molecular weight excluding hydrogens is 385 g/mol. The number of benzene rings is 2. The molecule has 2 aromatic carbocycles. The van der Waals surface area contributed by atoms with Gasteiger partial charge in [0.1, 0.15) is 12.4 Å². The van der Waals surface area contributed by atoms with E-state index in [1.54, 1.807) is 18.2 Å². The van der Waals surface area contributed by atoms with Crippen molar-refractivity contribution in [3.05, 3.63) is 59.7 Å². The molecule has 0 radical (unpaired) electrons. The second-order valence-corrected chi connectivity index (χ2v) is 7.92. The highest BCUT2D eigenvalue weighted by molar-refractivity contribution is 8.01. The Labute approximate surface area is 163 Å². The summed E-state index contributed by atoms with van der Waals surface area (Å²) in [6, 6.07) is 13.4. The van der Waals surface area contributed by atoms with Gasteiger partial charge in [0.25, 0.3) is 0 Å². The fourth-order valence-electron chi connectivity index (χ4n) is 2.73. The van der Waals surface area contributed by atoms with Crippen molar-refractivity contribution >= 4 is 46.3 Å². The molecule has 1 aromatic heterocycles. The Morgan fingerprint density at radius 3 is 2.81 bits per heavy atom. The molecule has 27 heavy (non-hydrogen) atoms. The number of carbonyl (C=O) groups is 2. The number of nitrogens with zero attached hydrogens (tertiary/aromatic N) is 2. The van der Waals surface area contributed by atoms with E-state index in [-0.39, 0.29) is 29.9 Å². The number of anilines is 2. The fraction of sp³-hybridized carbons (Fsp3) is 0.105. The number of fused-ring (bicyclic) bond motifs is 1. The minimum Gasteiger partial charge on any atom is -0.323 e. The highest BCUT2D eigenvalue weighted by atomic mass is 32.2. The number of hydrogen-bond acceptors (Lipinski definition) is 5. The van der Waals surface area contributed by atoms with Crippen LogP contribution in [0.2, 0.25) is 0 Å². The van der Waals surface area contributed by atoms with Crippen LogP contribution in [-0.4, -0.2) is 29.1 Å². The molecule has 1 aliphatic heterocycles. The topological polar surface area (TPSA) is 62.3 Å². The van der Waals surface area contributed by atoms with Crippen molar-refractivity contribution in [2.45, 2.75) is 4.34 Å².